The maximum atomic E-state index is 6.31. The van der Waals surface area contributed by atoms with Gasteiger partial charge in [-0.3, -0.25) is 4.90 Å². The monoisotopic (exact) mass is 266 g/mol. The second-order valence-corrected chi connectivity index (χ2v) is 6.08. The number of hydrogen-bond donors (Lipinski definition) is 1. The van der Waals surface area contributed by atoms with Gasteiger partial charge in [0.05, 0.1) is 0 Å². The number of nitrogens with two attached hydrogens (primary N) is 1. The standard InChI is InChI=1S/C15H23ClN2/c1-11-7-12(2)10-18(9-11)15(8-17)13-5-3-4-6-14(13)16/h3-6,11-12,15H,7-10,17H2,1-2H3. The number of nitrogens with zero attached hydrogens (tertiary/aromatic N) is 1. The van der Waals surface area contributed by atoms with Gasteiger partial charge in [0.1, 0.15) is 0 Å². The van der Waals surface area contributed by atoms with Gasteiger partial charge in [-0.05, 0) is 29.9 Å². The van der Waals surface area contributed by atoms with E-state index in [1.165, 1.54) is 12.0 Å². The molecule has 0 bridgehead atoms. The maximum absolute atomic E-state index is 6.31. The largest absolute Gasteiger partial charge is 0.329 e. The topological polar surface area (TPSA) is 29.3 Å². The molecule has 0 radical (unpaired) electrons. The zero-order valence-electron chi connectivity index (χ0n) is 11.3. The Morgan fingerprint density at radius 3 is 2.44 bits per heavy atom. The quantitative estimate of drug-likeness (QED) is 0.909. The number of halogens is 1. The van der Waals surface area contributed by atoms with Crippen molar-refractivity contribution in [1.29, 1.82) is 0 Å². The van der Waals surface area contributed by atoms with Crippen molar-refractivity contribution in [1.82, 2.24) is 4.90 Å². The van der Waals surface area contributed by atoms with Crippen LogP contribution in [0.3, 0.4) is 0 Å². The molecule has 1 aliphatic rings. The molecule has 2 rings (SSSR count). The van der Waals surface area contributed by atoms with Crippen molar-refractivity contribution in [3.63, 3.8) is 0 Å². The van der Waals surface area contributed by atoms with E-state index in [0.717, 1.165) is 29.9 Å². The van der Waals surface area contributed by atoms with Gasteiger partial charge in [-0.1, -0.05) is 43.6 Å². The second kappa shape index (κ2) is 6.05. The Bertz CT molecular complexity index is 384. The Labute approximate surface area is 115 Å². The Kier molecular flexibility index (Phi) is 4.66. The van der Waals surface area contributed by atoms with E-state index in [9.17, 15) is 0 Å². The summed E-state index contributed by atoms with van der Waals surface area (Å²) in [5.74, 6) is 1.48. The first kappa shape index (κ1) is 13.9. The molecule has 0 spiro atoms. The lowest BCUT2D eigenvalue weighted by Gasteiger charge is -2.40. The molecular formula is C15H23ClN2. The lowest BCUT2D eigenvalue weighted by molar-refractivity contribution is 0.0984. The van der Waals surface area contributed by atoms with Gasteiger partial charge in [0.25, 0.3) is 0 Å². The van der Waals surface area contributed by atoms with Crippen LogP contribution in [0, 0.1) is 11.8 Å². The van der Waals surface area contributed by atoms with E-state index < -0.39 is 0 Å². The highest BCUT2D eigenvalue weighted by atomic mass is 35.5. The van der Waals surface area contributed by atoms with Crippen LogP contribution in [0.2, 0.25) is 5.02 Å². The number of likely N-dealkylation sites (tertiary alicyclic amines) is 1. The summed E-state index contributed by atoms with van der Waals surface area (Å²) in [6.45, 7) is 7.52. The van der Waals surface area contributed by atoms with E-state index in [1.807, 2.05) is 18.2 Å². The van der Waals surface area contributed by atoms with Crippen molar-refractivity contribution < 1.29 is 0 Å². The van der Waals surface area contributed by atoms with Gasteiger partial charge in [0.15, 0.2) is 0 Å². The van der Waals surface area contributed by atoms with Gasteiger partial charge in [-0.2, -0.15) is 0 Å². The van der Waals surface area contributed by atoms with Gasteiger partial charge in [0.2, 0.25) is 0 Å². The molecule has 18 heavy (non-hydrogen) atoms. The molecule has 3 unspecified atom stereocenters. The fraction of sp³-hybridized carbons (Fsp3) is 0.600. The highest BCUT2D eigenvalue weighted by Crippen LogP contribution is 2.31. The molecule has 100 valence electrons. The molecule has 0 aromatic heterocycles. The third-order valence-electron chi connectivity index (χ3n) is 3.83. The van der Waals surface area contributed by atoms with E-state index in [0.29, 0.717) is 6.54 Å². The minimum Gasteiger partial charge on any atom is -0.329 e. The predicted molar refractivity (Wildman–Crippen MR) is 77.8 cm³/mol. The lowest BCUT2D eigenvalue weighted by atomic mass is 9.89. The zero-order chi connectivity index (χ0) is 13.1. The van der Waals surface area contributed by atoms with Crippen molar-refractivity contribution in [2.24, 2.45) is 17.6 Å². The van der Waals surface area contributed by atoms with Crippen LogP contribution >= 0.6 is 11.6 Å². The smallest absolute Gasteiger partial charge is 0.0485 e. The molecule has 2 N–H and O–H groups in total. The van der Waals surface area contributed by atoms with Crippen LogP contribution in [0.5, 0.6) is 0 Å². The Balaban J connectivity index is 2.20. The van der Waals surface area contributed by atoms with Crippen molar-refractivity contribution in [2.45, 2.75) is 26.3 Å². The first-order valence-corrected chi connectivity index (χ1v) is 7.18. The fourth-order valence-corrected chi connectivity index (χ4v) is 3.45. The minimum absolute atomic E-state index is 0.254. The zero-order valence-corrected chi connectivity index (χ0v) is 12.0. The SMILES string of the molecule is CC1CC(C)CN(C(CN)c2ccccc2Cl)C1. The van der Waals surface area contributed by atoms with Crippen LogP contribution in [0.25, 0.3) is 0 Å². The van der Waals surface area contributed by atoms with Crippen LogP contribution in [0.1, 0.15) is 31.9 Å². The normalized spacial score (nSPS) is 27.1. The molecule has 0 saturated carbocycles. The number of rotatable bonds is 3. The molecule has 1 fully saturated rings. The molecule has 1 heterocycles. The predicted octanol–water partition coefficient (Wildman–Crippen LogP) is 3.32. The molecule has 1 aliphatic heterocycles. The Morgan fingerprint density at radius 2 is 1.89 bits per heavy atom. The van der Waals surface area contributed by atoms with Gasteiger partial charge in [0, 0.05) is 30.7 Å². The van der Waals surface area contributed by atoms with E-state index >= 15 is 0 Å². The second-order valence-electron chi connectivity index (χ2n) is 5.67. The number of piperidine rings is 1. The van der Waals surface area contributed by atoms with E-state index in [-0.39, 0.29) is 6.04 Å². The van der Waals surface area contributed by atoms with Crippen LogP contribution in [0.4, 0.5) is 0 Å². The molecule has 0 amide bonds. The van der Waals surface area contributed by atoms with Crippen LogP contribution in [-0.2, 0) is 0 Å². The summed E-state index contributed by atoms with van der Waals surface area (Å²) in [6.07, 6.45) is 1.32. The van der Waals surface area contributed by atoms with Gasteiger partial charge >= 0.3 is 0 Å². The maximum Gasteiger partial charge on any atom is 0.0485 e. The van der Waals surface area contributed by atoms with Crippen molar-refractivity contribution in [2.75, 3.05) is 19.6 Å². The number of benzene rings is 1. The summed E-state index contributed by atoms with van der Waals surface area (Å²) < 4.78 is 0. The molecule has 1 saturated heterocycles. The van der Waals surface area contributed by atoms with Crippen molar-refractivity contribution in [3.05, 3.63) is 34.9 Å². The average molecular weight is 267 g/mol. The first-order chi connectivity index (χ1) is 8.61. The highest BCUT2D eigenvalue weighted by molar-refractivity contribution is 6.31. The van der Waals surface area contributed by atoms with E-state index in [2.05, 4.69) is 24.8 Å². The lowest BCUT2D eigenvalue weighted by Crippen LogP contribution is -2.43. The third kappa shape index (κ3) is 3.05. The van der Waals surface area contributed by atoms with Crippen molar-refractivity contribution in [3.8, 4) is 0 Å². The fourth-order valence-electron chi connectivity index (χ4n) is 3.18. The van der Waals surface area contributed by atoms with Gasteiger partial charge < -0.3 is 5.73 Å². The number of hydrogen-bond acceptors (Lipinski definition) is 2. The molecule has 1 aromatic rings. The summed E-state index contributed by atoms with van der Waals surface area (Å²) in [7, 11) is 0. The Morgan fingerprint density at radius 1 is 1.28 bits per heavy atom. The molecular weight excluding hydrogens is 244 g/mol. The molecule has 3 atom stereocenters. The molecule has 2 nitrogen and oxygen atoms in total. The van der Waals surface area contributed by atoms with Crippen LogP contribution < -0.4 is 5.73 Å². The molecule has 3 heteroatoms. The first-order valence-electron chi connectivity index (χ1n) is 6.80. The molecule has 0 aliphatic carbocycles. The van der Waals surface area contributed by atoms with Crippen molar-refractivity contribution >= 4 is 11.6 Å². The summed E-state index contributed by atoms with van der Waals surface area (Å²) in [5, 5.41) is 0.832. The van der Waals surface area contributed by atoms with E-state index in [1.54, 1.807) is 0 Å². The van der Waals surface area contributed by atoms with Crippen LogP contribution in [-0.4, -0.2) is 24.5 Å². The van der Waals surface area contributed by atoms with E-state index in [4.69, 9.17) is 17.3 Å². The minimum atomic E-state index is 0.254. The summed E-state index contributed by atoms with van der Waals surface area (Å²) in [4.78, 5) is 2.50. The summed E-state index contributed by atoms with van der Waals surface area (Å²) >= 11 is 6.31. The summed E-state index contributed by atoms with van der Waals surface area (Å²) in [5.41, 5.74) is 7.16. The third-order valence-corrected chi connectivity index (χ3v) is 4.17. The Hall–Kier alpha value is -0.570. The average Bonchev–Trinajstić information content (AvgIpc) is 2.31. The molecule has 1 aromatic carbocycles. The summed E-state index contributed by atoms with van der Waals surface area (Å²) in [6, 6.07) is 8.32. The van der Waals surface area contributed by atoms with Gasteiger partial charge in [-0.25, -0.2) is 0 Å². The van der Waals surface area contributed by atoms with Gasteiger partial charge in [-0.15, -0.1) is 0 Å². The van der Waals surface area contributed by atoms with Crippen LogP contribution in [0.15, 0.2) is 24.3 Å². The highest BCUT2D eigenvalue weighted by Gasteiger charge is 2.28.